The lowest BCUT2D eigenvalue weighted by atomic mass is 9.73. The van der Waals surface area contributed by atoms with Crippen molar-refractivity contribution in [3.63, 3.8) is 0 Å². The fourth-order valence-corrected chi connectivity index (χ4v) is 4.76. The Balaban J connectivity index is 0.00000361. The molecule has 3 aromatic rings. The molecular formula is C27H32N2O5S. The quantitative estimate of drug-likeness (QED) is 0.484. The van der Waals surface area contributed by atoms with E-state index in [1.807, 2.05) is 72.8 Å². The molecule has 0 aromatic heterocycles. The van der Waals surface area contributed by atoms with Gasteiger partial charge in [0.2, 0.25) is 15.9 Å². The topological polar surface area (TPSA) is 93.7 Å². The maximum Gasteiger partial charge on any atom is 0.235 e. The van der Waals surface area contributed by atoms with Crippen LogP contribution in [-0.4, -0.2) is 40.9 Å². The van der Waals surface area contributed by atoms with E-state index in [9.17, 15) is 13.2 Å². The molecule has 1 saturated heterocycles. The number of sulfonamides is 1. The lowest BCUT2D eigenvalue weighted by Gasteiger charge is -2.36. The largest absolute Gasteiger partial charge is 0.497 e. The first-order valence-corrected chi connectivity index (χ1v) is 13.4. The van der Waals surface area contributed by atoms with Gasteiger partial charge in [0, 0.05) is 26.9 Å². The first-order chi connectivity index (χ1) is 16.8. The summed E-state index contributed by atoms with van der Waals surface area (Å²) >= 11 is 0. The average Bonchev–Trinajstić information content (AvgIpc) is 2.88. The molecule has 1 aliphatic heterocycles. The number of nitrogens with one attached hydrogen (secondary N) is 2. The molecule has 0 unspecified atom stereocenters. The standard InChI is InChI=1S/C27H30N2O5S.H2/c1-33-25-12-10-23(11-13-25)27(14-16-34-17-15-27)26(30)29-24-5-3-4-22(18-24)21-8-6-20(7-9-21)19-28-35(2,31)32;/h3-13,18,28H,14-17,19H2,1-2H3,(H,29,30);1H. The highest BCUT2D eigenvalue weighted by molar-refractivity contribution is 7.88. The number of carbonyl (C=O) groups excluding carboxylic acids is 1. The minimum atomic E-state index is -3.24. The van der Waals surface area contributed by atoms with Crippen LogP contribution < -0.4 is 14.8 Å². The highest BCUT2D eigenvalue weighted by atomic mass is 32.2. The van der Waals surface area contributed by atoms with E-state index < -0.39 is 15.4 Å². The van der Waals surface area contributed by atoms with Crippen molar-refractivity contribution < 1.29 is 24.1 Å². The van der Waals surface area contributed by atoms with E-state index in [0.29, 0.717) is 26.1 Å². The van der Waals surface area contributed by atoms with Crippen LogP contribution in [0, 0.1) is 0 Å². The van der Waals surface area contributed by atoms with Gasteiger partial charge in [-0.05, 0) is 59.4 Å². The van der Waals surface area contributed by atoms with Crippen LogP contribution in [0.5, 0.6) is 5.75 Å². The summed E-state index contributed by atoms with van der Waals surface area (Å²) < 4.78 is 36.0. The third-order valence-corrected chi connectivity index (χ3v) is 7.04. The molecule has 1 heterocycles. The summed E-state index contributed by atoms with van der Waals surface area (Å²) in [4.78, 5) is 13.6. The highest BCUT2D eigenvalue weighted by Gasteiger charge is 2.41. The van der Waals surface area contributed by atoms with E-state index >= 15 is 0 Å². The molecule has 8 heteroatoms. The minimum Gasteiger partial charge on any atom is -0.497 e. The van der Waals surface area contributed by atoms with E-state index in [1.54, 1.807) is 7.11 Å². The summed E-state index contributed by atoms with van der Waals surface area (Å²) in [6.45, 7) is 1.30. The number of amides is 1. The zero-order chi connectivity index (χ0) is 24.9. The second-order valence-electron chi connectivity index (χ2n) is 8.75. The lowest BCUT2D eigenvalue weighted by Crippen LogP contribution is -2.44. The summed E-state index contributed by atoms with van der Waals surface area (Å²) in [5.74, 6) is 0.701. The Morgan fingerprint density at radius 1 is 1.00 bits per heavy atom. The fraction of sp³-hybridized carbons (Fsp3) is 0.296. The van der Waals surface area contributed by atoms with Crippen LogP contribution in [0.2, 0.25) is 0 Å². The molecular weight excluding hydrogens is 464 g/mol. The number of hydrogen-bond acceptors (Lipinski definition) is 5. The number of ether oxygens (including phenoxy) is 2. The first kappa shape index (κ1) is 24.9. The van der Waals surface area contributed by atoms with Crippen molar-refractivity contribution in [2.75, 3.05) is 31.9 Å². The van der Waals surface area contributed by atoms with Gasteiger partial charge in [0.15, 0.2) is 0 Å². The third-order valence-electron chi connectivity index (χ3n) is 6.37. The van der Waals surface area contributed by atoms with Crippen molar-refractivity contribution in [2.45, 2.75) is 24.8 Å². The molecule has 0 spiro atoms. The van der Waals surface area contributed by atoms with E-state index in [1.165, 1.54) is 0 Å². The molecule has 35 heavy (non-hydrogen) atoms. The number of benzene rings is 3. The monoisotopic (exact) mass is 496 g/mol. The molecule has 7 nitrogen and oxygen atoms in total. The van der Waals surface area contributed by atoms with Gasteiger partial charge >= 0.3 is 0 Å². The van der Waals surface area contributed by atoms with Crippen molar-refractivity contribution in [3.8, 4) is 16.9 Å². The molecule has 0 radical (unpaired) electrons. The lowest BCUT2D eigenvalue weighted by molar-refractivity contribution is -0.125. The van der Waals surface area contributed by atoms with Crippen LogP contribution in [0.1, 0.15) is 25.4 Å². The highest BCUT2D eigenvalue weighted by Crippen LogP contribution is 2.37. The fourth-order valence-electron chi connectivity index (χ4n) is 4.33. The molecule has 4 rings (SSSR count). The van der Waals surface area contributed by atoms with Crippen molar-refractivity contribution in [2.24, 2.45) is 0 Å². The Labute approximate surface area is 208 Å². The molecule has 1 aliphatic rings. The molecule has 0 saturated carbocycles. The normalized spacial score (nSPS) is 15.4. The smallest absolute Gasteiger partial charge is 0.235 e. The molecule has 3 aromatic carbocycles. The Kier molecular flexibility index (Phi) is 7.54. The molecule has 186 valence electrons. The summed E-state index contributed by atoms with van der Waals surface area (Å²) in [6.07, 6.45) is 2.35. The predicted molar refractivity (Wildman–Crippen MR) is 139 cm³/mol. The zero-order valence-electron chi connectivity index (χ0n) is 19.9. The van der Waals surface area contributed by atoms with Gasteiger partial charge in [0.05, 0.1) is 18.8 Å². The molecule has 0 aliphatic carbocycles. The second kappa shape index (κ2) is 10.6. The van der Waals surface area contributed by atoms with E-state index in [2.05, 4.69) is 10.0 Å². The van der Waals surface area contributed by atoms with Crippen molar-refractivity contribution in [1.29, 1.82) is 0 Å². The number of anilines is 1. The van der Waals surface area contributed by atoms with Crippen molar-refractivity contribution in [3.05, 3.63) is 83.9 Å². The zero-order valence-corrected chi connectivity index (χ0v) is 20.7. The Hall–Kier alpha value is -3.20. The van der Waals surface area contributed by atoms with Crippen LogP contribution >= 0.6 is 0 Å². The number of carbonyl (C=O) groups is 1. The van der Waals surface area contributed by atoms with Crippen molar-refractivity contribution in [1.82, 2.24) is 4.72 Å². The third kappa shape index (κ3) is 6.08. The van der Waals surface area contributed by atoms with E-state index in [0.717, 1.165) is 39.9 Å². The Morgan fingerprint density at radius 2 is 1.69 bits per heavy atom. The van der Waals surface area contributed by atoms with Gasteiger partial charge in [-0.3, -0.25) is 4.79 Å². The maximum atomic E-state index is 13.6. The van der Waals surface area contributed by atoms with Crippen molar-refractivity contribution >= 4 is 21.6 Å². The second-order valence-corrected chi connectivity index (χ2v) is 10.6. The predicted octanol–water partition coefficient (Wildman–Crippen LogP) is 4.34. The summed E-state index contributed by atoms with van der Waals surface area (Å²) in [7, 11) is -1.62. The Morgan fingerprint density at radius 3 is 2.31 bits per heavy atom. The molecule has 0 bridgehead atoms. The van der Waals surface area contributed by atoms with Crippen LogP contribution in [0.3, 0.4) is 0 Å². The van der Waals surface area contributed by atoms with Gasteiger partial charge in [-0.15, -0.1) is 0 Å². The molecule has 0 atom stereocenters. The van der Waals surface area contributed by atoms with Gasteiger partial charge in [-0.1, -0.05) is 48.5 Å². The first-order valence-electron chi connectivity index (χ1n) is 11.5. The number of methoxy groups -OCH3 is 1. The van der Waals surface area contributed by atoms with E-state index in [-0.39, 0.29) is 13.9 Å². The van der Waals surface area contributed by atoms with Gasteiger partial charge in [-0.2, -0.15) is 0 Å². The van der Waals surface area contributed by atoms with E-state index in [4.69, 9.17) is 9.47 Å². The van der Waals surface area contributed by atoms with Crippen LogP contribution in [0.25, 0.3) is 11.1 Å². The van der Waals surface area contributed by atoms with Gasteiger partial charge < -0.3 is 14.8 Å². The summed E-state index contributed by atoms with van der Waals surface area (Å²) in [5.41, 5.74) is 3.79. The maximum absolute atomic E-state index is 13.6. The van der Waals surface area contributed by atoms with Gasteiger partial charge in [-0.25, -0.2) is 13.1 Å². The Bertz CT molecular complexity index is 1270. The molecule has 1 amide bonds. The van der Waals surface area contributed by atoms with Gasteiger partial charge in [0.1, 0.15) is 5.75 Å². The average molecular weight is 497 g/mol. The SMILES string of the molecule is COc1ccc(C2(C(=O)Nc3cccc(-c4ccc(CNS(C)(=O)=O)cc4)c3)CCOCC2)cc1.[HH]. The van der Waals surface area contributed by atoms with Crippen LogP contribution in [0.4, 0.5) is 5.69 Å². The number of rotatable bonds is 8. The summed E-state index contributed by atoms with van der Waals surface area (Å²) in [5, 5.41) is 3.14. The summed E-state index contributed by atoms with van der Waals surface area (Å²) in [6, 6.07) is 23.1. The number of hydrogen-bond donors (Lipinski definition) is 2. The minimum absolute atomic E-state index is 0. The molecule has 1 fully saturated rings. The molecule has 2 N–H and O–H groups in total. The van der Waals surface area contributed by atoms with Gasteiger partial charge in [0.25, 0.3) is 0 Å². The van der Waals surface area contributed by atoms with Crippen LogP contribution in [0.15, 0.2) is 72.8 Å². The van der Waals surface area contributed by atoms with Crippen LogP contribution in [-0.2, 0) is 31.5 Å².